The molecule has 0 aromatic heterocycles. The Balaban J connectivity index is 2.35. The predicted molar refractivity (Wildman–Crippen MR) is 46.9 cm³/mol. The quantitative estimate of drug-likeness (QED) is 0.637. The van der Waals surface area contributed by atoms with Crippen molar-refractivity contribution < 1.29 is 19.0 Å². The van der Waals surface area contributed by atoms with Crippen LogP contribution in [0, 0.1) is 0 Å². The Morgan fingerprint density at radius 2 is 2.29 bits per heavy atom. The fourth-order valence-corrected chi connectivity index (χ4v) is 1.40. The first-order valence-electron chi connectivity index (χ1n) is 4.15. The number of halogens is 1. The molecule has 0 N–H and O–H groups in total. The Kier molecular flexibility index (Phi) is 2.22. The number of carbonyl (C=O) groups excluding carboxylic acids is 1. The van der Waals surface area contributed by atoms with Gasteiger partial charge in [0.1, 0.15) is 12.4 Å². The fraction of sp³-hybridized carbons (Fsp3) is 0.222. The molecule has 1 aliphatic heterocycles. The molecule has 1 aromatic rings. The van der Waals surface area contributed by atoms with E-state index in [1.54, 1.807) is 24.3 Å². The average molecular weight is 197 g/mol. The van der Waals surface area contributed by atoms with Gasteiger partial charge in [-0.1, -0.05) is 12.1 Å². The smallest absolute Gasteiger partial charge is 0.451 e. The number of hydrogen-bond acceptors (Lipinski definition) is 3. The van der Waals surface area contributed by atoms with Crippen LogP contribution < -0.4 is 9.64 Å². The molecule has 0 spiro atoms. The van der Waals surface area contributed by atoms with Crippen LogP contribution in [-0.2, 0) is 4.94 Å². The highest BCUT2D eigenvalue weighted by atomic mass is 19.3. The van der Waals surface area contributed by atoms with Crippen LogP contribution in [0.3, 0.4) is 0 Å². The van der Waals surface area contributed by atoms with Crippen LogP contribution in [0.25, 0.3) is 0 Å². The molecule has 4 nitrogen and oxygen atoms in total. The fourth-order valence-electron chi connectivity index (χ4n) is 1.40. The van der Waals surface area contributed by atoms with Gasteiger partial charge in [0.15, 0.2) is 0 Å². The normalized spacial score (nSPS) is 14.2. The van der Waals surface area contributed by atoms with E-state index in [1.807, 2.05) is 0 Å². The van der Waals surface area contributed by atoms with E-state index in [0.29, 0.717) is 24.6 Å². The number of benzene rings is 1. The van der Waals surface area contributed by atoms with Crippen molar-refractivity contribution >= 4 is 11.8 Å². The summed E-state index contributed by atoms with van der Waals surface area (Å²) >= 11 is 0. The van der Waals surface area contributed by atoms with Crippen LogP contribution in [0.15, 0.2) is 24.3 Å². The van der Waals surface area contributed by atoms with E-state index >= 15 is 0 Å². The highest BCUT2D eigenvalue weighted by Gasteiger charge is 2.24. The highest BCUT2D eigenvalue weighted by Crippen LogP contribution is 2.31. The zero-order chi connectivity index (χ0) is 9.97. The largest absolute Gasteiger partial charge is 0.490 e. The van der Waals surface area contributed by atoms with Crippen LogP contribution >= 0.6 is 0 Å². The standard InChI is InChI=1S/C9H8FNO3/c10-14-9(12)11-5-6-13-8-4-2-1-3-7(8)11/h1-4H,5-6H2. The van der Waals surface area contributed by atoms with E-state index < -0.39 is 6.09 Å². The van der Waals surface area contributed by atoms with E-state index in [4.69, 9.17) is 4.74 Å². The van der Waals surface area contributed by atoms with Gasteiger partial charge in [-0.05, 0) is 12.1 Å². The minimum absolute atomic E-state index is 0.291. The third-order valence-electron chi connectivity index (χ3n) is 2.01. The molecule has 14 heavy (non-hydrogen) atoms. The summed E-state index contributed by atoms with van der Waals surface area (Å²) in [5, 5.41) is 0. The summed E-state index contributed by atoms with van der Waals surface area (Å²) in [4.78, 5) is 15.4. The van der Waals surface area contributed by atoms with E-state index in [1.165, 1.54) is 4.90 Å². The van der Waals surface area contributed by atoms with E-state index in [-0.39, 0.29) is 0 Å². The van der Waals surface area contributed by atoms with Crippen molar-refractivity contribution in [2.45, 2.75) is 0 Å². The summed E-state index contributed by atoms with van der Waals surface area (Å²) < 4.78 is 17.0. The van der Waals surface area contributed by atoms with Crippen molar-refractivity contribution in [1.29, 1.82) is 0 Å². The number of amides is 1. The third kappa shape index (κ3) is 1.37. The minimum Gasteiger partial charge on any atom is -0.490 e. The SMILES string of the molecule is O=C(OF)N1CCOc2ccccc21. The molecular formula is C9H8FNO3. The van der Waals surface area contributed by atoms with Crippen molar-refractivity contribution in [3.63, 3.8) is 0 Å². The van der Waals surface area contributed by atoms with Crippen LogP contribution in [0.2, 0.25) is 0 Å². The van der Waals surface area contributed by atoms with E-state index in [2.05, 4.69) is 4.94 Å². The molecule has 5 heteroatoms. The second kappa shape index (κ2) is 3.53. The Morgan fingerprint density at radius 1 is 1.50 bits per heavy atom. The zero-order valence-electron chi connectivity index (χ0n) is 7.27. The van der Waals surface area contributed by atoms with Gasteiger partial charge in [-0.15, -0.1) is 0 Å². The molecule has 74 valence electrons. The second-order valence-electron chi connectivity index (χ2n) is 2.81. The molecule has 0 aliphatic carbocycles. The lowest BCUT2D eigenvalue weighted by Gasteiger charge is -2.26. The summed E-state index contributed by atoms with van der Waals surface area (Å²) in [5.41, 5.74) is 0.529. The number of ether oxygens (including phenoxy) is 1. The Morgan fingerprint density at radius 3 is 3.07 bits per heavy atom. The summed E-state index contributed by atoms with van der Waals surface area (Å²) in [6, 6.07) is 6.91. The minimum atomic E-state index is -1.01. The van der Waals surface area contributed by atoms with Gasteiger partial charge in [0.25, 0.3) is 0 Å². The zero-order valence-corrected chi connectivity index (χ0v) is 7.27. The molecule has 2 rings (SSSR count). The van der Waals surface area contributed by atoms with Crippen molar-refractivity contribution in [2.75, 3.05) is 18.1 Å². The molecule has 0 saturated carbocycles. The number of nitrogens with zero attached hydrogens (tertiary/aromatic N) is 1. The number of fused-ring (bicyclic) bond motifs is 1. The first-order chi connectivity index (χ1) is 6.83. The van der Waals surface area contributed by atoms with Gasteiger partial charge in [-0.2, -0.15) is 0 Å². The maximum Gasteiger partial charge on any atom is 0.451 e. The van der Waals surface area contributed by atoms with Crippen LogP contribution in [0.5, 0.6) is 5.75 Å². The summed E-state index contributed by atoms with van der Waals surface area (Å²) in [5.74, 6) is 0.559. The summed E-state index contributed by atoms with van der Waals surface area (Å²) in [6.45, 7) is 0.631. The van der Waals surface area contributed by atoms with Crippen molar-refractivity contribution in [3.8, 4) is 5.75 Å². The van der Waals surface area contributed by atoms with Gasteiger partial charge in [0.05, 0.1) is 12.2 Å². The maximum absolute atomic E-state index is 11.7. The predicted octanol–water partition coefficient (Wildman–Crippen LogP) is 1.91. The van der Waals surface area contributed by atoms with Gasteiger partial charge < -0.3 is 4.74 Å². The van der Waals surface area contributed by atoms with E-state index in [0.717, 1.165) is 0 Å². The van der Waals surface area contributed by atoms with Gasteiger partial charge in [0, 0.05) is 4.53 Å². The lowest BCUT2D eigenvalue weighted by atomic mass is 10.2. The molecule has 1 amide bonds. The van der Waals surface area contributed by atoms with Crippen LogP contribution in [0.1, 0.15) is 0 Å². The lowest BCUT2D eigenvalue weighted by Crippen LogP contribution is -2.37. The molecule has 0 unspecified atom stereocenters. The highest BCUT2D eigenvalue weighted by molar-refractivity contribution is 5.89. The Labute approximate surface area is 79.7 Å². The first kappa shape index (κ1) is 8.80. The summed E-state index contributed by atoms with van der Waals surface area (Å²) in [6.07, 6.45) is -1.01. The molecule has 0 radical (unpaired) electrons. The van der Waals surface area contributed by atoms with Crippen molar-refractivity contribution in [2.24, 2.45) is 0 Å². The van der Waals surface area contributed by atoms with Gasteiger partial charge in [-0.25, -0.2) is 9.74 Å². The van der Waals surface area contributed by atoms with Gasteiger partial charge >= 0.3 is 6.09 Å². The molecule has 0 bridgehead atoms. The number of para-hydroxylation sites is 2. The average Bonchev–Trinajstić information content (AvgIpc) is 2.27. The van der Waals surface area contributed by atoms with Crippen molar-refractivity contribution in [1.82, 2.24) is 0 Å². The maximum atomic E-state index is 11.7. The molecule has 1 aromatic carbocycles. The topological polar surface area (TPSA) is 38.8 Å². The molecular weight excluding hydrogens is 189 g/mol. The van der Waals surface area contributed by atoms with Gasteiger partial charge in [0.2, 0.25) is 0 Å². The molecule has 0 atom stereocenters. The number of rotatable bonds is 0. The van der Waals surface area contributed by atoms with Gasteiger partial charge in [-0.3, -0.25) is 4.90 Å². The lowest BCUT2D eigenvalue weighted by molar-refractivity contribution is -0.0588. The monoisotopic (exact) mass is 197 g/mol. The Bertz CT molecular complexity index is 356. The number of hydrogen-bond donors (Lipinski definition) is 0. The van der Waals surface area contributed by atoms with Crippen molar-refractivity contribution in [3.05, 3.63) is 24.3 Å². The summed E-state index contributed by atoms with van der Waals surface area (Å²) in [7, 11) is 0. The molecule has 0 saturated heterocycles. The first-order valence-corrected chi connectivity index (χ1v) is 4.15. The molecule has 1 heterocycles. The number of carbonyl (C=O) groups is 1. The van der Waals surface area contributed by atoms with Crippen LogP contribution in [0.4, 0.5) is 15.0 Å². The Hall–Kier alpha value is -1.78. The molecule has 0 fully saturated rings. The second-order valence-corrected chi connectivity index (χ2v) is 2.81. The third-order valence-corrected chi connectivity index (χ3v) is 2.01. The van der Waals surface area contributed by atoms with Crippen LogP contribution in [-0.4, -0.2) is 19.2 Å². The van der Waals surface area contributed by atoms with E-state index in [9.17, 15) is 9.32 Å². The number of anilines is 1. The molecule has 1 aliphatic rings.